The summed E-state index contributed by atoms with van der Waals surface area (Å²) in [6.45, 7) is 9.40. The Morgan fingerprint density at radius 2 is 1.73 bits per heavy atom. The van der Waals surface area contributed by atoms with Crippen LogP contribution in [0.1, 0.15) is 37.7 Å². The molecule has 1 unspecified atom stereocenters. The number of nitrogens with zero attached hydrogens (tertiary/aromatic N) is 6. The van der Waals surface area contributed by atoms with E-state index in [1.54, 1.807) is 0 Å². The molecule has 1 saturated heterocycles. The van der Waals surface area contributed by atoms with Gasteiger partial charge in [0.25, 0.3) is 0 Å². The molecule has 0 radical (unpaired) electrons. The van der Waals surface area contributed by atoms with Crippen LogP contribution in [0.5, 0.6) is 0 Å². The zero-order valence-electron chi connectivity index (χ0n) is 15.7. The van der Waals surface area contributed by atoms with E-state index in [0.717, 1.165) is 50.0 Å². The molecular formula is C18H28Cl2N6. The van der Waals surface area contributed by atoms with Crippen molar-refractivity contribution >= 4 is 24.0 Å². The normalized spacial score (nSPS) is 17.3. The van der Waals surface area contributed by atoms with Gasteiger partial charge in [-0.3, -0.25) is 4.90 Å². The molecule has 0 spiro atoms. The first-order valence-corrected chi connectivity index (χ1v) is 9.36. The minimum absolute atomic E-state index is 0. The Hall–Kier alpha value is -1.21. The van der Waals surface area contributed by atoms with Gasteiger partial charge in [0.1, 0.15) is 0 Å². The highest BCUT2D eigenvalue weighted by Crippen LogP contribution is 2.29. The Morgan fingerprint density at radius 3 is 2.35 bits per heavy atom. The summed E-state index contributed by atoms with van der Waals surface area (Å²) in [5.41, 5.74) is 1.19. The minimum atomic E-state index is 0. The molecule has 0 amide bonds. The van der Waals surface area contributed by atoms with Crippen molar-refractivity contribution in [3.8, 4) is 0 Å². The number of benzene rings is 1. The third kappa shape index (κ3) is 5.16. The molecule has 0 saturated carbocycles. The Labute approximate surface area is 166 Å². The van der Waals surface area contributed by atoms with Crippen LogP contribution in [0.25, 0.3) is 0 Å². The molecule has 1 aromatic carbocycles. The van der Waals surface area contributed by atoms with E-state index < -0.39 is 0 Å². The molecule has 1 aliphatic rings. The highest BCUT2D eigenvalue weighted by atomic mass is 35.5. The van der Waals surface area contributed by atoms with Crippen molar-refractivity contribution in [1.82, 2.24) is 30.0 Å². The summed E-state index contributed by atoms with van der Waals surface area (Å²) in [5, 5.41) is 13.4. The molecule has 2 aromatic rings. The number of hydrogen-bond acceptors (Lipinski definition) is 5. The minimum Gasteiger partial charge on any atom is -0.304 e. The molecule has 144 valence electrons. The number of tetrazole rings is 1. The highest BCUT2D eigenvalue weighted by Gasteiger charge is 2.29. The van der Waals surface area contributed by atoms with Crippen molar-refractivity contribution in [3.63, 3.8) is 0 Å². The molecule has 3 rings (SSSR count). The van der Waals surface area contributed by atoms with E-state index in [2.05, 4.69) is 58.4 Å². The fraction of sp³-hybridized carbons (Fsp3) is 0.611. The molecular weight excluding hydrogens is 371 g/mol. The lowest BCUT2D eigenvalue weighted by Crippen LogP contribution is -2.46. The van der Waals surface area contributed by atoms with Gasteiger partial charge in [0.05, 0.1) is 6.04 Å². The first-order valence-electron chi connectivity index (χ1n) is 8.98. The number of aromatic nitrogens is 4. The Morgan fingerprint density at radius 1 is 1.08 bits per heavy atom. The van der Waals surface area contributed by atoms with Crippen LogP contribution in [-0.2, 0) is 6.54 Å². The Bertz CT molecular complexity index is 665. The van der Waals surface area contributed by atoms with Gasteiger partial charge in [-0.05, 0) is 47.5 Å². The molecule has 0 bridgehead atoms. The SMILES string of the molecule is CC(C)CCn1nnnc1C(c1ccc(Cl)cc1)N1CCN(C)CC1.Cl. The largest absolute Gasteiger partial charge is 0.304 e. The molecule has 1 aromatic heterocycles. The van der Waals surface area contributed by atoms with Crippen LogP contribution in [0.4, 0.5) is 0 Å². The van der Waals surface area contributed by atoms with Gasteiger partial charge in [0.2, 0.25) is 0 Å². The molecule has 1 atom stereocenters. The van der Waals surface area contributed by atoms with E-state index in [4.69, 9.17) is 11.6 Å². The van der Waals surface area contributed by atoms with Crippen molar-refractivity contribution in [2.75, 3.05) is 33.2 Å². The number of aryl methyl sites for hydroxylation is 1. The lowest BCUT2D eigenvalue weighted by molar-refractivity contribution is 0.121. The quantitative estimate of drug-likeness (QED) is 0.747. The summed E-state index contributed by atoms with van der Waals surface area (Å²) in [7, 11) is 2.17. The van der Waals surface area contributed by atoms with Crippen molar-refractivity contribution in [1.29, 1.82) is 0 Å². The summed E-state index contributed by atoms with van der Waals surface area (Å²) in [6.07, 6.45) is 1.06. The van der Waals surface area contributed by atoms with Crippen LogP contribution in [0.15, 0.2) is 24.3 Å². The second-order valence-electron chi connectivity index (χ2n) is 7.24. The van der Waals surface area contributed by atoms with Gasteiger partial charge in [-0.25, -0.2) is 4.68 Å². The van der Waals surface area contributed by atoms with Gasteiger partial charge in [-0.2, -0.15) is 0 Å². The second kappa shape index (κ2) is 9.65. The maximum Gasteiger partial charge on any atom is 0.173 e. The number of hydrogen-bond donors (Lipinski definition) is 0. The molecule has 1 fully saturated rings. The lowest BCUT2D eigenvalue weighted by atomic mass is 10.0. The third-order valence-electron chi connectivity index (χ3n) is 4.81. The summed E-state index contributed by atoms with van der Waals surface area (Å²) >= 11 is 6.10. The second-order valence-corrected chi connectivity index (χ2v) is 7.67. The van der Waals surface area contributed by atoms with Gasteiger partial charge < -0.3 is 4.90 Å². The van der Waals surface area contributed by atoms with Crippen molar-refractivity contribution in [2.45, 2.75) is 32.9 Å². The smallest absolute Gasteiger partial charge is 0.173 e. The van der Waals surface area contributed by atoms with Crippen molar-refractivity contribution < 1.29 is 0 Å². The van der Waals surface area contributed by atoms with Crippen molar-refractivity contribution in [2.24, 2.45) is 5.92 Å². The van der Waals surface area contributed by atoms with Crippen LogP contribution < -0.4 is 0 Å². The molecule has 0 aliphatic carbocycles. The predicted molar refractivity (Wildman–Crippen MR) is 107 cm³/mol. The van der Waals surface area contributed by atoms with Crippen LogP contribution >= 0.6 is 24.0 Å². The number of likely N-dealkylation sites (N-methyl/N-ethyl adjacent to an activating group) is 1. The average molecular weight is 399 g/mol. The van der Waals surface area contributed by atoms with Gasteiger partial charge >= 0.3 is 0 Å². The van der Waals surface area contributed by atoms with Crippen LogP contribution in [0, 0.1) is 5.92 Å². The zero-order valence-corrected chi connectivity index (χ0v) is 17.2. The maximum absolute atomic E-state index is 6.10. The third-order valence-corrected chi connectivity index (χ3v) is 5.06. The molecule has 8 heteroatoms. The highest BCUT2D eigenvalue weighted by molar-refractivity contribution is 6.30. The van der Waals surface area contributed by atoms with E-state index in [1.807, 2.05) is 16.8 Å². The van der Waals surface area contributed by atoms with Gasteiger partial charge in [0, 0.05) is 37.7 Å². The molecule has 0 N–H and O–H groups in total. The fourth-order valence-corrected chi connectivity index (χ4v) is 3.32. The predicted octanol–water partition coefficient (Wildman–Crippen LogP) is 3.13. The zero-order chi connectivity index (χ0) is 17.8. The van der Waals surface area contributed by atoms with E-state index in [9.17, 15) is 0 Å². The van der Waals surface area contributed by atoms with E-state index in [1.165, 1.54) is 5.56 Å². The summed E-state index contributed by atoms with van der Waals surface area (Å²) in [5.74, 6) is 1.54. The van der Waals surface area contributed by atoms with Crippen LogP contribution in [-0.4, -0.2) is 63.2 Å². The maximum atomic E-state index is 6.10. The van der Waals surface area contributed by atoms with Gasteiger partial charge in [0.15, 0.2) is 5.82 Å². The number of rotatable bonds is 6. The van der Waals surface area contributed by atoms with Gasteiger partial charge in [-0.15, -0.1) is 17.5 Å². The Kier molecular flexibility index (Phi) is 7.83. The number of piperazine rings is 1. The standard InChI is InChI=1S/C18H27ClN6.ClH/c1-14(2)8-9-25-18(20-21-22-25)17(15-4-6-16(19)7-5-15)24-12-10-23(3)11-13-24;/h4-7,14,17H,8-13H2,1-3H3;1H. The van der Waals surface area contributed by atoms with Crippen molar-refractivity contribution in [3.05, 3.63) is 40.7 Å². The van der Waals surface area contributed by atoms with E-state index in [0.29, 0.717) is 5.92 Å². The summed E-state index contributed by atoms with van der Waals surface area (Å²) in [6, 6.07) is 8.14. The van der Waals surface area contributed by atoms with Gasteiger partial charge in [-0.1, -0.05) is 37.6 Å². The van der Waals surface area contributed by atoms with Crippen LogP contribution in [0.3, 0.4) is 0 Å². The lowest BCUT2D eigenvalue weighted by Gasteiger charge is -2.37. The Balaban J connectivity index is 0.00000243. The average Bonchev–Trinajstić information content (AvgIpc) is 3.05. The monoisotopic (exact) mass is 398 g/mol. The first kappa shape index (κ1) is 21.1. The fourth-order valence-electron chi connectivity index (χ4n) is 3.20. The molecule has 6 nitrogen and oxygen atoms in total. The number of halogens is 2. The topological polar surface area (TPSA) is 50.1 Å². The van der Waals surface area contributed by atoms with E-state index in [-0.39, 0.29) is 18.4 Å². The molecule has 26 heavy (non-hydrogen) atoms. The van der Waals surface area contributed by atoms with E-state index >= 15 is 0 Å². The summed E-state index contributed by atoms with van der Waals surface area (Å²) < 4.78 is 1.97. The molecule has 1 aliphatic heterocycles. The van der Waals surface area contributed by atoms with Crippen LogP contribution in [0.2, 0.25) is 5.02 Å². The summed E-state index contributed by atoms with van der Waals surface area (Å²) in [4.78, 5) is 4.83. The first-order chi connectivity index (χ1) is 12.0. The molecule has 2 heterocycles.